The van der Waals surface area contributed by atoms with Gasteiger partial charge in [0.2, 0.25) is 21.8 Å². The first-order valence-electron chi connectivity index (χ1n) is 10.3. The number of amides is 2. The van der Waals surface area contributed by atoms with Crippen molar-refractivity contribution < 1.29 is 18.0 Å². The van der Waals surface area contributed by atoms with Crippen LogP contribution >= 0.6 is 15.9 Å². The van der Waals surface area contributed by atoms with E-state index in [1.165, 1.54) is 4.90 Å². The van der Waals surface area contributed by atoms with Crippen LogP contribution in [0.4, 0.5) is 5.69 Å². The topological polar surface area (TPSA) is 86.8 Å². The van der Waals surface area contributed by atoms with Gasteiger partial charge in [0.1, 0.15) is 12.6 Å². The molecule has 0 aliphatic carbocycles. The molecule has 32 heavy (non-hydrogen) atoms. The van der Waals surface area contributed by atoms with Crippen molar-refractivity contribution in [2.75, 3.05) is 17.1 Å². The molecular formula is C23H30BrN3O4S. The molecule has 1 N–H and O–H groups in total. The number of sulfonamides is 1. The Balaban J connectivity index is 2.42. The second-order valence-corrected chi connectivity index (χ2v) is 10.8. The molecular weight excluding hydrogens is 494 g/mol. The molecule has 0 aromatic heterocycles. The summed E-state index contributed by atoms with van der Waals surface area (Å²) in [6.07, 6.45) is 1.06. The number of hydrogen-bond acceptors (Lipinski definition) is 4. The van der Waals surface area contributed by atoms with Gasteiger partial charge in [-0.2, -0.15) is 0 Å². The summed E-state index contributed by atoms with van der Waals surface area (Å²) in [6.45, 7) is 7.03. The molecule has 7 nitrogen and oxygen atoms in total. The largest absolute Gasteiger partial charge is 0.352 e. The fourth-order valence-electron chi connectivity index (χ4n) is 3.21. The van der Waals surface area contributed by atoms with E-state index in [9.17, 15) is 18.0 Å². The van der Waals surface area contributed by atoms with Crippen LogP contribution in [0.5, 0.6) is 0 Å². The zero-order chi connectivity index (χ0) is 24.1. The molecule has 0 aliphatic rings. The van der Waals surface area contributed by atoms with Crippen molar-refractivity contribution in [3.63, 3.8) is 0 Å². The average Bonchev–Trinajstić information content (AvgIpc) is 2.70. The smallest absolute Gasteiger partial charge is 0.244 e. The highest BCUT2D eigenvalue weighted by molar-refractivity contribution is 9.10. The van der Waals surface area contributed by atoms with Gasteiger partial charge < -0.3 is 10.2 Å². The second-order valence-electron chi connectivity index (χ2n) is 8.01. The highest BCUT2D eigenvalue weighted by Crippen LogP contribution is 2.28. The zero-order valence-electron chi connectivity index (χ0n) is 19.0. The first-order valence-corrected chi connectivity index (χ1v) is 12.9. The number of aryl methyl sites for hydroxylation is 1. The van der Waals surface area contributed by atoms with Gasteiger partial charge in [0.05, 0.1) is 11.9 Å². The Hall–Kier alpha value is -2.39. The number of nitrogens with zero attached hydrogens (tertiary/aromatic N) is 2. The Morgan fingerprint density at radius 3 is 2.19 bits per heavy atom. The van der Waals surface area contributed by atoms with Gasteiger partial charge in [-0.25, -0.2) is 8.42 Å². The molecule has 0 saturated heterocycles. The molecule has 174 valence electrons. The summed E-state index contributed by atoms with van der Waals surface area (Å²) in [4.78, 5) is 27.6. The van der Waals surface area contributed by atoms with Crippen LogP contribution in [-0.2, 0) is 26.2 Å². The summed E-state index contributed by atoms with van der Waals surface area (Å²) in [6, 6.07) is 13.5. The van der Waals surface area contributed by atoms with E-state index in [0.29, 0.717) is 10.2 Å². The molecule has 0 unspecified atom stereocenters. The molecule has 2 rings (SSSR count). The first kappa shape index (κ1) is 25.9. The van der Waals surface area contributed by atoms with Gasteiger partial charge in [-0.3, -0.25) is 13.9 Å². The van der Waals surface area contributed by atoms with Gasteiger partial charge in [-0.15, -0.1) is 0 Å². The normalized spacial score (nSPS) is 12.3. The number of hydrogen-bond donors (Lipinski definition) is 1. The van der Waals surface area contributed by atoms with Crippen LogP contribution in [0.15, 0.2) is 53.0 Å². The van der Waals surface area contributed by atoms with Crippen molar-refractivity contribution >= 4 is 43.5 Å². The maximum absolute atomic E-state index is 13.5. The van der Waals surface area contributed by atoms with Crippen LogP contribution in [0.1, 0.15) is 31.9 Å². The third-order valence-electron chi connectivity index (χ3n) is 5.00. The Labute approximate surface area is 199 Å². The highest BCUT2D eigenvalue weighted by Gasteiger charge is 2.31. The third-order valence-corrected chi connectivity index (χ3v) is 6.80. The Morgan fingerprint density at radius 2 is 1.62 bits per heavy atom. The lowest BCUT2D eigenvalue weighted by atomic mass is 10.1. The van der Waals surface area contributed by atoms with Crippen LogP contribution in [0.3, 0.4) is 0 Å². The number of rotatable bonds is 9. The summed E-state index contributed by atoms with van der Waals surface area (Å²) >= 11 is 3.36. The van der Waals surface area contributed by atoms with E-state index in [0.717, 1.165) is 21.7 Å². The first-order chi connectivity index (χ1) is 14.9. The van der Waals surface area contributed by atoms with Gasteiger partial charge in [0.15, 0.2) is 0 Å². The van der Waals surface area contributed by atoms with Crippen molar-refractivity contribution in [2.24, 2.45) is 0 Å². The third kappa shape index (κ3) is 6.80. The lowest BCUT2D eigenvalue weighted by Crippen LogP contribution is -2.52. The molecule has 0 heterocycles. The van der Waals surface area contributed by atoms with E-state index in [-0.39, 0.29) is 18.5 Å². The molecule has 0 spiro atoms. The van der Waals surface area contributed by atoms with Crippen LogP contribution in [0.2, 0.25) is 0 Å². The van der Waals surface area contributed by atoms with Crippen LogP contribution in [-0.4, -0.2) is 50.0 Å². The Morgan fingerprint density at radius 1 is 1.03 bits per heavy atom. The predicted molar refractivity (Wildman–Crippen MR) is 131 cm³/mol. The minimum atomic E-state index is -3.76. The average molecular weight is 524 g/mol. The van der Waals surface area contributed by atoms with E-state index >= 15 is 0 Å². The molecule has 1 atom stereocenters. The second kappa shape index (κ2) is 11.0. The molecule has 9 heteroatoms. The van der Waals surface area contributed by atoms with E-state index in [4.69, 9.17) is 0 Å². The summed E-state index contributed by atoms with van der Waals surface area (Å²) in [5.74, 6) is -0.769. The van der Waals surface area contributed by atoms with E-state index in [1.54, 1.807) is 31.2 Å². The lowest BCUT2D eigenvalue weighted by Gasteiger charge is -2.32. The van der Waals surface area contributed by atoms with E-state index < -0.39 is 28.5 Å². The summed E-state index contributed by atoms with van der Waals surface area (Å²) < 4.78 is 26.7. The SMILES string of the molecule is Cc1ccccc1CN(C(=O)CN(c1ccccc1Br)S(C)(=O)=O)[C@H](C)C(=O)NC(C)C. The molecule has 0 bridgehead atoms. The zero-order valence-corrected chi connectivity index (χ0v) is 21.4. The Kier molecular flexibility index (Phi) is 8.86. The van der Waals surface area contributed by atoms with Crippen molar-refractivity contribution in [2.45, 2.75) is 46.3 Å². The summed E-state index contributed by atoms with van der Waals surface area (Å²) in [5.41, 5.74) is 2.22. The molecule has 0 fully saturated rings. The predicted octanol–water partition coefficient (Wildman–Crippen LogP) is 3.47. The van der Waals surface area contributed by atoms with Crippen LogP contribution in [0, 0.1) is 6.92 Å². The quantitative estimate of drug-likeness (QED) is 0.545. The minimum absolute atomic E-state index is 0.0897. The van der Waals surface area contributed by atoms with Gasteiger partial charge in [-0.1, -0.05) is 36.4 Å². The number of carbonyl (C=O) groups excluding carboxylic acids is 2. The monoisotopic (exact) mass is 523 g/mol. The molecule has 0 aliphatic heterocycles. The summed E-state index contributed by atoms with van der Waals surface area (Å²) in [5, 5.41) is 2.83. The van der Waals surface area contributed by atoms with Crippen molar-refractivity contribution in [1.29, 1.82) is 0 Å². The van der Waals surface area contributed by atoms with Gasteiger partial charge in [0, 0.05) is 17.1 Å². The number of benzene rings is 2. The maximum Gasteiger partial charge on any atom is 0.244 e. The molecule has 0 radical (unpaired) electrons. The fourth-order valence-corrected chi connectivity index (χ4v) is 4.69. The van der Waals surface area contributed by atoms with E-state index in [1.807, 2.05) is 45.0 Å². The number of para-hydroxylation sites is 1. The van der Waals surface area contributed by atoms with Crippen molar-refractivity contribution in [3.8, 4) is 0 Å². The number of anilines is 1. The molecule has 2 amide bonds. The van der Waals surface area contributed by atoms with Crippen molar-refractivity contribution in [3.05, 3.63) is 64.1 Å². The van der Waals surface area contributed by atoms with Gasteiger partial charge in [-0.05, 0) is 66.9 Å². The molecule has 0 saturated carbocycles. The minimum Gasteiger partial charge on any atom is -0.352 e. The highest BCUT2D eigenvalue weighted by atomic mass is 79.9. The number of nitrogens with one attached hydrogen (secondary N) is 1. The number of halogens is 1. The van der Waals surface area contributed by atoms with Crippen LogP contribution in [0.25, 0.3) is 0 Å². The van der Waals surface area contributed by atoms with Crippen molar-refractivity contribution in [1.82, 2.24) is 10.2 Å². The lowest BCUT2D eigenvalue weighted by molar-refractivity contribution is -0.139. The van der Waals surface area contributed by atoms with E-state index in [2.05, 4.69) is 21.2 Å². The Bertz CT molecular complexity index is 1070. The fraction of sp³-hybridized carbons (Fsp3) is 0.391. The van der Waals surface area contributed by atoms with Crippen LogP contribution < -0.4 is 9.62 Å². The maximum atomic E-state index is 13.5. The van der Waals surface area contributed by atoms with Gasteiger partial charge >= 0.3 is 0 Å². The summed E-state index contributed by atoms with van der Waals surface area (Å²) in [7, 11) is -3.76. The molecule has 2 aromatic rings. The van der Waals surface area contributed by atoms with Gasteiger partial charge in [0.25, 0.3) is 0 Å². The standard InChI is InChI=1S/C23H30BrN3O4S/c1-16(2)25-23(29)18(4)26(14-19-11-7-6-10-17(19)3)22(28)15-27(32(5,30)31)21-13-9-8-12-20(21)24/h6-13,16,18H,14-15H2,1-5H3,(H,25,29)/t18-/m1/s1. The molecule has 2 aromatic carbocycles. The number of carbonyl (C=O) groups is 2.